The first-order valence-electron chi connectivity index (χ1n) is 10.0. The van der Waals surface area contributed by atoms with Crippen LogP contribution < -0.4 is 5.43 Å². The van der Waals surface area contributed by atoms with Crippen LogP contribution in [0.1, 0.15) is 12.0 Å². The molecule has 4 heteroatoms. The van der Waals surface area contributed by atoms with Crippen LogP contribution >= 0.6 is 0 Å². The molecule has 0 unspecified atom stereocenters. The molecule has 0 aliphatic carbocycles. The second kappa shape index (κ2) is 6.98. The van der Waals surface area contributed by atoms with E-state index in [1.807, 2.05) is 42.5 Å². The SMILES string of the molecule is CN(C)CCCc1ccc2nc(-c3ccccc3)n3c4ccccc4c(=O)c1c23. The predicted molar refractivity (Wildman–Crippen MR) is 120 cm³/mol. The maximum atomic E-state index is 13.5. The van der Waals surface area contributed by atoms with Gasteiger partial charge in [-0.05, 0) is 57.2 Å². The quantitative estimate of drug-likeness (QED) is 0.418. The number of pyridine rings is 1. The highest BCUT2D eigenvalue weighted by Gasteiger charge is 2.20. The number of benzene rings is 3. The van der Waals surface area contributed by atoms with Crippen molar-refractivity contribution in [3.63, 3.8) is 0 Å². The van der Waals surface area contributed by atoms with E-state index in [1.165, 1.54) is 0 Å². The van der Waals surface area contributed by atoms with Crippen molar-refractivity contribution in [3.8, 4) is 11.4 Å². The molecule has 29 heavy (non-hydrogen) atoms. The summed E-state index contributed by atoms with van der Waals surface area (Å²) >= 11 is 0. The monoisotopic (exact) mass is 381 g/mol. The molecule has 0 saturated heterocycles. The summed E-state index contributed by atoms with van der Waals surface area (Å²) in [5, 5.41) is 1.56. The summed E-state index contributed by atoms with van der Waals surface area (Å²) in [6.45, 7) is 0.997. The minimum absolute atomic E-state index is 0.109. The molecule has 0 amide bonds. The molecule has 2 aromatic heterocycles. The predicted octanol–water partition coefficient (Wildman–Crippen LogP) is 4.60. The minimum Gasteiger partial charge on any atom is -0.309 e. The normalized spacial score (nSPS) is 12.0. The highest BCUT2D eigenvalue weighted by Crippen LogP contribution is 2.32. The molecule has 0 fully saturated rings. The van der Waals surface area contributed by atoms with Crippen molar-refractivity contribution in [3.05, 3.63) is 82.5 Å². The van der Waals surface area contributed by atoms with Crippen LogP contribution in [-0.2, 0) is 6.42 Å². The van der Waals surface area contributed by atoms with E-state index >= 15 is 0 Å². The first kappa shape index (κ1) is 17.8. The van der Waals surface area contributed by atoms with Gasteiger partial charge in [0.1, 0.15) is 5.82 Å². The molecule has 2 heterocycles. The number of imidazole rings is 1. The third-order valence-corrected chi connectivity index (χ3v) is 5.60. The largest absolute Gasteiger partial charge is 0.309 e. The molecule has 0 saturated carbocycles. The molecule has 0 aliphatic heterocycles. The summed E-state index contributed by atoms with van der Waals surface area (Å²) in [5.74, 6) is 0.882. The molecular weight excluding hydrogens is 358 g/mol. The Bertz CT molecular complexity index is 1370. The Hall–Kier alpha value is -3.24. The standard InChI is InChI=1S/C25H23N3O/c1-27(2)16-8-11-17-14-15-20-23-22(17)24(29)19-12-6-7-13-21(19)28(23)25(26-20)18-9-4-3-5-10-18/h3-7,9-10,12-15H,8,11,16H2,1-2H3. The summed E-state index contributed by atoms with van der Waals surface area (Å²) in [6, 6.07) is 22.2. The highest BCUT2D eigenvalue weighted by molar-refractivity contribution is 6.04. The summed E-state index contributed by atoms with van der Waals surface area (Å²) in [6.07, 6.45) is 1.89. The van der Waals surface area contributed by atoms with Gasteiger partial charge in [0.05, 0.1) is 21.9 Å². The maximum Gasteiger partial charge on any atom is 0.197 e. The lowest BCUT2D eigenvalue weighted by Gasteiger charge is -2.12. The Morgan fingerprint density at radius 3 is 2.48 bits per heavy atom. The smallest absolute Gasteiger partial charge is 0.197 e. The van der Waals surface area contributed by atoms with Gasteiger partial charge in [0.15, 0.2) is 5.43 Å². The number of fused-ring (bicyclic) bond motifs is 2. The molecule has 5 aromatic rings. The number of para-hydroxylation sites is 1. The second-order valence-corrected chi connectivity index (χ2v) is 7.86. The van der Waals surface area contributed by atoms with Gasteiger partial charge in [-0.25, -0.2) is 4.98 Å². The van der Waals surface area contributed by atoms with Gasteiger partial charge in [-0.2, -0.15) is 0 Å². The Morgan fingerprint density at radius 2 is 1.69 bits per heavy atom. The van der Waals surface area contributed by atoms with Crippen LogP contribution in [0.25, 0.3) is 38.7 Å². The first-order valence-corrected chi connectivity index (χ1v) is 10.0. The van der Waals surface area contributed by atoms with Crippen LogP contribution in [0.4, 0.5) is 0 Å². The summed E-state index contributed by atoms with van der Waals surface area (Å²) in [7, 11) is 4.16. The zero-order valence-electron chi connectivity index (χ0n) is 16.7. The van der Waals surface area contributed by atoms with Crippen LogP contribution in [0.3, 0.4) is 0 Å². The topological polar surface area (TPSA) is 37.6 Å². The van der Waals surface area contributed by atoms with E-state index in [1.54, 1.807) is 0 Å². The van der Waals surface area contributed by atoms with Crippen molar-refractivity contribution in [1.82, 2.24) is 14.3 Å². The molecule has 5 rings (SSSR count). The molecular formula is C25H23N3O. The van der Waals surface area contributed by atoms with Gasteiger partial charge in [0.2, 0.25) is 0 Å². The van der Waals surface area contributed by atoms with Crippen LogP contribution in [-0.4, -0.2) is 34.9 Å². The zero-order chi connectivity index (χ0) is 20.0. The zero-order valence-corrected chi connectivity index (χ0v) is 16.7. The minimum atomic E-state index is 0.109. The van der Waals surface area contributed by atoms with E-state index in [-0.39, 0.29) is 5.43 Å². The third-order valence-electron chi connectivity index (χ3n) is 5.60. The van der Waals surface area contributed by atoms with Crippen LogP contribution in [0.2, 0.25) is 0 Å². The Morgan fingerprint density at radius 1 is 0.931 bits per heavy atom. The maximum absolute atomic E-state index is 13.5. The van der Waals surface area contributed by atoms with Gasteiger partial charge in [-0.1, -0.05) is 48.5 Å². The van der Waals surface area contributed by atoms with Crippen molar-refractivity contribution < 1.29 is 0 Å². The van der Waals surface area contributed by atoms with Gasteiger partial charge in [-0.3, -0.25) is 9.20 Å². The van der Waals surface area contributed by atoms with Crippen LogP contribution in [0, 0.1) is 0 Å². The van der Waals surface area contributed by atoms with Crippen molar-refractivity contribution in [1.29, 1.82) is 0 Å². The molecule has 0 spiro atoms. The lowest BCUT2D eigenvalue weighted by Crippen LogP contribution is -2.14. The first-order chi connectivity index (χ1) is 14.1. The molecule has 0 atom stereocenters. The summed E-state index contributed by atoms with van der Waals surface area (Å²) < 4.78 is 2.17. The number of aryl methyl sites for hydroxylation is 1. The fourth-order valence-corrected chi connectivity index (χ4v) is 4.27. The number of aromatic nitrogens is 2. The van der Waals surface area contributed by atoms with Crippen molar-refractivity contribution in [2.24, 2.45) is 0 Å². The molecule has 3 aromatic carbocycles. The summed E-state index contributed by atoms with van der Waals surface area (Å²) in [4.78, 5) is 20.6. The molecule has 0 N–H and O–H groups in total. The van der Waals surface area contributed by atoms with Gasteiger partial charge in [-0.15, -0.1) is 0 Å². The second-order valence-electron chi connectivity index (χ2n) is 7.86. The molecule has 0 radical (unpaired) electrons. The molecule has 0 aliphatic rings. The lowest BCUT2D eigenvalue weighted by molar-refractivity contribution is 0.400. The van der Waals surface area contributed by atoms with E-state index in [0.717, 1.165) is 63.7 Å². The van der Waals surface area contributed by atoms with Crippen molar-refractivity contribution in [2.45, 2.75) is 12.8 Å². The number of nitrogens with zero attached hydrogens (tertiary/aromatic N) is 3. The molecule has 4 nitrogen and oxygen atoms in total. The molecule has 0 bridgehead atoms. The van der Waals surface area contributed by atoms with Crippen molar-refractivity contribution >= 4 is 27.3 Å². The Labute approximate surface area is 169 Å². The van der Waals surface area contributed by atoms with E-state index in [9.17, 15) is 4.79 Å². The number of hydrogen-bond donors (Lipinski definition) is 0. The molecule has 144 valence electrons. The Kier molecular flexibility index (Phi) is 4.29. The lowest BCUT2D eigenvalue weighted by atomic mass is 10.0. The fourth-order valence-electron chi connectivity index (χ4n) is 4.27. The summed E-state index contributed by atoms with van der Waals surface area (Å²) in [5.41, 5.74) is 5.00. The highest BCUT2D eigenvalue weighted by atomic mass is 16.1. The van der Waals surface area contributed by atoms with Gasteiger partial charge >= 0.3 is 0 Å². The van der Waals surface area contributed by atoms with Crippen molar-refractivity contribution in [2.75, 3.05) is 20.6 Å². The average Bonchev–Trinajstić information content (AvgIpc) is 3.13. The fraction of sp³-hybridized carbons (Fsp3) is 0.200. The van der Waals surface area contributed by atoms with Crippen LogP contribution in [0.15, 0.2) is 71.5 Å². The third kappa shape index (κ3) is 2.88. The number of rotatable bonds is 5. The van der Waals surface area contributed by atoms with Gasteiger partial charge in [0.25, 0.3) is 0 Å². The van der Waals surface area contributed by atoms with Gasteiger partial charge in [0, 0.05) is 10.9 Å². The van der Waals surface area contributed by atoms with E-state index in [0.29, 0.717) is 0 Å². The van der Waals surface area contributed by atoms with E-state index in [2.05, 4.69) is 47.7 Å². The number of hydrogen-bond acceptors (Lipinski definition) is 3. The van der Waals surface area contributed by atoms with E-state index in [4.69, 9.17) is 4.98 Å². The average molecular weight is 381 g/mol. The van der Waals surface area contributed by atoms with Gasteiger partial charge < -0.3 is 4.90 Å². The van der Waals surface area contributed by atoms with Crippen LogP contribution in [0.5, 0.6) is 0 Å². The Balaban J connectivity index is 1.87. The van der Waals surface area contributed by atoms with E-state index < -0.39 is 0 Å².